The van der Waals surface area contributed by atoms with Crippen LogP contribution in [-0.2, 0) is 6.54 Å². The van der Waals surface area contributed by atoms with Crippen molar-refractivity contribution in [1.29, 1.82) is 0 Å². The van der Waals surface area contributed by atoms with Crippen molar-refractivity contribution in [2.24, 2.45) is 0 Å². The van der Waals surface area contributed by atoms with Crippen LogP contribution in [0.2, 0.25) is 0 Å². The zero-order valence-corrected chi connectivity index (χ0v) is 7.75. The van der Waals surface area contributed by atoms with Crippen molar-refractivity contribution in [2.45, 2.75) is 20.4 Å². The van der Waals surface area contributed by atoms with E-state index in [-0.39, 0.29) is 0 Å². The Kier molecular flexibility index (Phi) is 1.75. The van der Waals surface area contributed by atoms with Crippen LogP contribution < -0.4 is 0 Å². The number of aromatic nitrogens is 1. The average molecular weight is 163 g/mol. The van der Waals surface area contributed by atoms with Crippen LogP contribution in [0.3, 0.4) is 0 Å². The molecule has 0 aliphatic carbocycles. The monoisotopic (exact) mass is 163 g/mol. The van der Waals surface area contributed by atoms with Gasteiger partial charge in [-0.25, -0.2) is 4.58 Å². The molecule has 64 valence electrons. The molecule has 1 aliphatic heterocycles. The van der Waals surface area contributed by atoms with Crippen molar-refractivity contribution in [3.63, 3.8) is 0 Å². The molecule has 0 amide bonds. The number of hydrogen-bond donors (Lipinski definition) is 0. The van der Waals surface area contributed by atoms with Crippen LogP contribution in [0.15, 0.2) is 18.3 Å². The highest BCUT2D eigenvalue weighted by Crippen LogP contribution is 2.08. The van der Waals surface area contributed by atoms with E-state index in [0.29, 0.717) is 0 Å². The summed E-state index contributed by atoms with van der Waals surface area (Å²) in [4.78, 5) is 0. The Hall–Kier alpha value is -1.05. The second-order valence-electron chi connectivity index (χ2n) is 3.25. The molecule has 12 heavy (non-hydrogen) atoms. The maximum absolute atomic E-state index is 2.43. The summed E-state index contributed by atoms with van der Waals surface area (Å²) in [6, 6.07) is 4.31. The van der Waals surface area contributed by atoms with Gasteiger partial charge in [0.1, 0.15) is 12.2 Å². The fraction of sp³-hybridized carbons (Fsp3) is 0.500. The minimum atomic E-state index is 1.12. The van der Waals surface area contributed by atoms with Gasteiger partial charge in [-0.3, -0.25) is 0 Å². The molecule has 1 aromatic rings. The molecule has 2 rings (SSSR count). The van der Waals surface area contributed by atoms with Crippen molar-refractivity contribution >= 4 is 5.71 Å². The molecule has 0 spiro atoms. The fourth-order valence-electron chi connectivity index (χ4n) is 1.89. The third-order valence-electron chi connectivity index (χ3n) is 2.67. The minimum absolute atomic E-state index is 1.12. The van der Waals surface area contributed by atoms with Gasteiger partial charge in [-0.2, -0.15) is 0 Å². The third kappa shape index (κ3) is 0.986. The second kappa shape index (κ2) is 2.77. The Morgan fingerprint density at radius 3 is 3.17 bits per heavy atom. The summed E-state index contributed by atoms with van der Waals surface area (Å²) in [7, 11) is 0. The lowest BCUT2D eigenvalue weighted by atomic mass is 10.2. The van der Waals surface area contributed by atoms with E-state index in [9.17, 15) is 0 Å². The van der Waals surface area contributed by atoms with Crippen LogP contribution in [0.5, 0.6) is 0 Å². The van der Waals surface area contributed by atoms with Gasteiger partial charge in [0.15, 0.2) is 12.3 Å². The molecule has 0 fully saturated rings. The Morgan fingerprint density at radius 2 is 2.42 bits per heavy atom. The summed E-state index contributed by atoms with van der Waals surface area (Å²) in [5.74, 6) is 0. The van der Waals surface area contributed by atoms with Gasteiger partial charge in [0.05, 0.1) is 6.54 Å². The molecular formula is C10H15N2+. The largest absolute Gasteiger partial charge is 0.337 e. The Bertz CT molecular complexity index is 320. The Morgan fingerprint density at radius 1 is 1.58 bits per heavy atom. The van der Waals surface area contributed by atoms with Crippen molar-refractivity contribution in [2.75, 3.05) is 13.1 Å². The smallest absolute Gasteiger partial charge is 0.196 e. The number of hydrogen-bond acceptors (Lipinski definition) is 0. The summed E-state index contributed by atoms with van der Waals surface area (Å²) in [5.41, 5.74) is 2.79. The average Bonchev–Trinajstić information content (AvgIpc) is 2.53. The Balaban J connectivity index is 2.49. The highest BCUT2D eigenvalue weighted by atomic mass is 15.1. The molecule has 0 saturated carbocycles. The molecule has 0 atom stereocenters. The molecule has 2 nitrogen and oxygen atoms in total. The molecule has 1 aromatic heterocycles. The van der Waals surface area contributed by atoms with Crippen molar-refractivity contribution < 1.29 is 4.58 Å². The second-order valence-corrected chi connectivity index (χ2v) is 3.25. The van der Waals surface area contributed by atoms with Crippen LogP contribution in [0.4, 0.5) is 0 Å². The van der Waals surface area contributed by atoms with Gasteiger partial charge in [0.2, 0.25) is 0 Å². The van der Waals surface area contributed by atoms with E-state index in [1.807, 2.05) is 0 Å². The summed E-state index contributed by atoms with van der Waals surface area (Å²) in [6.45, 7) is 7.82. The molecule has 0 saturated heterocycles. The van der Waals surface area contributed by atoms with E-state index >= 15 is 0 Å². The summed E-state index contributed by atoms with van der Waals surface area (Å²) >= 11 is 0. The summed E-state index contributed by atoms with van der Waals surface area (Å²) < 4.78 is 4.75. The SMILES string of the molecule is CC[N+]1=C(C)c2cccn2CC1. The zero-order valence-electron chi connectivity index (χ0n) is 7.75. The van der Waals surface area contributed by atoms with Crippen LogP contribution in [-0.4, -0.2) is 27.9 Å². The lowest BCUT2D eigenvalue weighted by molar-refractivity contribution is -0.528. The predicted molar refractivity (Wildman–Crippen MR) is 49.9 cm³/mol. The molecule has 0 radical (unpaired) electrons. The van der Waals surface area contributed by atoms with Crippen molar-refractivity contribution in [3.8, 4) is 0 Å². The normalized spacial score (nSPS) is 16.5. The molecule has 1 aliphatic rings. The van der Waals surface area contributed by atoms with Crippen LogP contribution >= 0.6 is 0 Å². The molecule has 0 N–H and O–H groups in total. The molecule has 0 bridgehead atoms. The number of rotatable bonds is 1. The van der Waals surface area contributed by atoms with Gasteiger partial charge in [0.25, 0.3) is 0 Å². The predicted octanol–water partition coefficient (Wildman–Crippen LogP) is 1.34. The maximum atomic E-state index is 2.43. The lowest BCUT2D eigenvalue weighted by Crippen LogP contribution is -2.30. The summed E-state index contributed by atoms with van der Waals surface area (Å²) in [5, 5.41) is 0. The fourth-order valence-corrected chi connectivity index (χ4v) is 1.89. The van der Waals surface area contributed by atoms with E-state index < -0.39 is 0 Å². The van der Waals surface area contributed by atoms with Crippen LogP contribution in [0, 0.1) is 0 Å². The summed E-state index contributed by atoms with van der Waals surface area (Å²) in [6.07, 6.45) is 2.16. The molecular weight excluding hydrogens is 148 g/mol. The van der Waals surface area contributed by atoms with Crippen LogP contribution in [0.25, 0.3) is 0 Å². The van der Waals surface area contributed by atoms with Crippen molar-refractivity contribution in [3.05, 3.63) is 24.0 Å². The third-order valence-corrected chi connectivity index (χ3v) is 2.67. The van der Waals surface area contributed by atoms with E-state index in [4.69, 9.17) is 0 Å². The van der Waals surface area contributed by atoms with Gasteiger partial charge in [-0.1, -0.05) is 0 Å². The number of nitrogens with zero attached hydrogens (tertiary/aromatic N) is 2. The van der Waals surface area contributed by atoms with E-state index in [1.54, 1.807) is 0 Å². The molecule has 0 aromatic carbocycles. The Labute approximate surface area is 73.1 Å². The standard InChI is InChI=1S/C10H15N2/c1-3-11-7-8-12-6-4-5-10(12)9(11)2/h4-6H,3,7-8H2,1-2H3/q+1. The number of fused-ring (bicyclic) bond motifs is 1. The van der Waals surface area contributed by atoms with Gasteiger partial charge < -0.3 is 4.57 Å². The zero-order chi connectivity index (χ0) is 8.55. The van der Waals surface area contributed by atoms with Gasteiger partial charge in [-0.15, -0.1) is 0 Å². The van der Waals surface area contributed by atoms with E-state index in [0.717, 1.165) is 19.6 Å². The lowest BCUT2D eigenvalue weighted by Gasteiger charge is -2.14. The first kappa shape index (κ1) is 7.59. The maximum Gasteiger partial charge on any atom is 0.196 e. The molecule has 2 heteroatoms. The van der Waals surface area contributed by atoms with Crippen molar-refractivity contribution in [1.82, 2.24) is 4.57 Å². The minimum Gasteiger partial charge on any atom is -0.337 e. The quantitative estimate of drug-likeness (QED) is 0.552. The van der Waals surface area contributed by atoms with Gasteiger partial charge in [0, 0.05) is 13.1 Å². The topological polar surface area (TPSA) is 7.94 Å². The van der Waals surface area contributed by atoms with Crippen LogP contribution in [0.1, 0.15) is 19.5 Å². The van der Waals surface area contributed by atoms with E-state index in [1.165, 1.54) is 11.4 Å². The molecule has 2 heterocycles. The highest BCUT2D eigenvalue weighted by Gasteiger charge is 2.19. The van der Waals surface area contributed by atoms with Gasteiger partial charge >= 0.3 is 0 Å². The van der Waals surface area contributed by atoms with Gasteiger partial charge in [-0.05, 0) is 19.1 Å². The molecule has 0 unspecified atom stereocenters. The first-order valence-corrected chi connectivity index (χ1v) is 4.57. The van der Waals surface area contributed by atoms with E-state index in [2.05, 4.69) is 41.3 Å². The first-order valence-electron chi connectivity index (χ1n) is 4.57. The number of likely N-dealkylation sites (N-methyl/N-ethyl adjacent to an activating group) is 1. The first-order chi connectivity index (χ1) is 5.83. The highest BCUT2D eigenvalue weighted by molar-refractivity contribution is 5.93.